The molecule has 1 rings (SSSR count). The number of aliphatic imine (C=N–C) groups is 1. The summed E-state index contributed by atoms with van der Waals surface area (Å²) in [5.41, 5.74) is 0. The Morgan fingerprint density at radius 2 is 2.33 bits per heavy atom. The molecule has 15 heavy (non-hydrogen) atoms. The van der Waals surface area contributed by atoms with Crippen LogP contribution in [-0.4, -0.2) is 56.1 Å². The summed E-state index contributed by atoms with van der Waals surface area (Å²) in [6, 6.07) is 0.189. The first kappa shape index (κ1) is 12.8. The van der Waals surface area contributed by atoms with Gasteiger partial charge in [-0.05, 0) is 6.54 Å². The molecule has 0 spiro atoms. The van der Waals surface area contributed by atoms with Crippen molar-refractivity contribution in [1.29, 1.82) is 0 Å². The number of hydrogen-bond acceptors (Lipinski definition) is 5. The molecule has 0 aromatic rings. The van der Waals surface area contributed by atoms with Gasteiger partial charge >= 0.3 is 0 Å². The molecule has 0 aromatic heterocycles. The number of nitrogens with zero attached hydrogens (tertiary/aromatic N) is 2. The zero-order valence-electron chi connectivity index (χ0n) is 9.23. The summed E-state index contributed by atoms with van der Waals surface area (Å²) >= 11 is 1.49. The standard InChI is InChI=1S/C8H17N3O2S2/c1-4-9-5-7-6-14-8(10-7)11(2)15(3,12)13/h7,9H,4-6H2,1-3H3. The van der Waals surface area contributed by atoms with E-state index < -0.39 is 10.0 Å². The summed E-state index contributed by atoms with van der Waals surface area (Å²) in [7, 11) is -1.63. The van der Waals surface area contributed by atoms with E-state index in [9.17, 15) is 8.42 Å². The minimum Gasteiger partial charge on any atom is -0.315 e. The average molecular weight is 251 g/mol. The van der Waals surface area contributed by atoms with Crippen LogP contribution in [0.2, 0.25) is 0 Å². The third-order valence-electron chi connectivity index (χ3n) is 2.09. The first-order chi connectivity index (χ1) is 6.95. The maximum atomic E-state index is 11.3. The van der Waals surface area contributed by atoms with Crippen molar-refractivity contribution in [2.75, 3.05) is 32.1 Å². The summed E-state index contributed by atoms with van der Waals surface area (Å²) < 4.78 is 23.7. The number of hydrogen-bond donors (Lipinski definition) is 1. The van der Waals surface area contributed by atoms with Gasteiger partial charge in [0.05, 0.1) is 12.3 Å². The molecule has 88 valence electrons. The molecule has 1 atom stereocenters. The van der Waals surface area contributed by atoms with Crippen LogP contribution in [0.1, 0.15) is 6.92 Å². The van der Waals surface area contributed by atoms with Crippen LogP contribution in [0.5, 0.6) is 0 Å². The molecular formula is C8H17N3O2S2. The van der Waals surface area contributed by atoms with Gasteiger partial charge in [0.2, 0.25) is 10.0 Å². The van der Waals surface area contributed by atoms with E-state index in [1.165, 1.54) is 29.4 Å². The van der Waals surface area contributed by atoms with Gasteiger partial charge in [-0.3, -0.25) is 9.30 Å². The molecule has 1 aliphatic rings. The normalized spacial score (nSPS) is 21.5. The highest BCUT2D eigenvalue weighted by Crippen LogP contribution is 2.20. The SMILES string of the molecule is CCNCC1CSC(N(C)S(C)(=O)=O)=N1. The number of thioether (sulfide) groups is 1. The van der Waals surface area contributed by atoms with Gasteiger partial charge in [0, 0.05) is 19.3 Å². The van der Waals surface area contributed by atoms with E-state index in [-0.39, 0.29) is 6.04 Å². The first-order valence-corrected chi connectivity index (χ1v) is 7.63. The highest BCUT2D eigenvalue weighted by atomic mass is 32.2. The van der Waals surface area contributed by atoms with Gasteiger partial charge in [-0.1, -0.05) is 18.7 Å². The quantitative estimate of drug-likeness (QED) is 0.761. The van der Waals surface area contributed by atoms with Crippen molar-refractivity contribution in [2.24, 2.45) is 4.99 Å². The highest BCUT2D eigenvalue weighted by molar-refractivity contribution is 8.15. The van der Waals surface area contributed by atoms with E-state index in [4.69, 9.17) is 0 Å². The molecule has 0 saturated heterocycles. The predicted octanol–water partition coefficient (Wildman–Crippen LogP) is -0.0413. The summed E-state index contributed by atoms with van der Waals surface area (Å²) in [5, 5.41) is 3.80. The number of nitrogens with one attached hydrogen (secondary N) is 1. The van der Waals surface area contributed by atoms with Crippen LogP contribution in [0, 0.1) is 0 Å². The minimum absolute atomic E-state index is 0.189. The van der Waals surface area contributed by atoms with Gasteiger partial charge in [-0.15, -0.1) is 0 Å². The fourth-order valence-electron chi connectivity index (χ4n) is 1.13. The van der Waals surface area contributed by atoms with Gasteiger partial charge in [0.1, 0.15) is 0 Å². The van der Waals surface area contributed by atoms with Crippen molar-refractivity contribution in [3.05, 3.63) is 0 Å². The van der Waals surface area contributed by atoms with Crippen molar-refractivity contribution >= 4 is 27.0 Å². The van der Waals surface area contributed by atoms with Crippen LogP contribution in [0.25, 0.3) is 0 Å². The van der Waals surface area contributed by atoms with Gasteiger partial charge in [0.25, 0.3) is 0 Å². The number of rotatable bonds is 4. The van der Waals surface area contributed by atoms with Crippen LogP contribution in [0.15, 0.2) is 4.99 Å². The second kappa shape index (κ2) is 5.18. The molecule has 1 aliphatic heterocycles. The first-order valence-electron chi connectivity index (χ1n) is 4.80. The van der Waals surface area contributed by atoms with Gasteiger partial charge in [-0.2, -0.15) is 0 Å². The molecule has 0 fully saturated rings. The lowest BCUT2D eigenvalue weighted by atomic mass is 10.3. The third kappa shape index (κ3) is 3.66. The second-order valence-corrected chi connectivity index (χ2v) is 6.42. The highest BCUT2D eigenvalue weighted by Gasteiger charge is 2.24. The van der Waals surface area contributed by atoms with Crippen LogP contribution in [-0.2, 0) is 10.0 Å². The smallest absolute Gasteiger partial charge is 0.233 e. The van der Waals surface area contributed by atoms with Crippen LogP contribution < -0.4 is 5.32 Å². The molecule has 1 heterocycles. The Bertz CT molecular complexity index is 340. The summed E-state index contributed by atoms with van der Waals surface area (Å²) in [6.45, 7) is 3.76. The topological polar surface area (TPSA) is 61.8 Å². The Balaban J connectivity index is 2.59. The third-order valence-corrected chi connectivity index (χ3v) is 4.57. The molecule has 1 unspecified atom stereocenters. The van der Waals surface area contributed by atoms with Crippen molar-refractivity contribution < 1.29 is 8.42 Å². The monoisotopic (exact) mass is 251 g/mol. The largest absolute Gasteiger partial charge is 0.315 e. The molecule has 0 saturated carbocycles. The minimum atomic E-state index is -3.17. The molecule has 5 nitrogen and oxygen atoms in total. The Kier molecular flexibility index (Phi) is 4.42. The zero-order chi connectivity index (χ0) is 11.5. The van der Waals surface area contributed by atoms with E-state index in [2.05, 4.69) is 10.3 Å². The molecule has 0 bridgehead atoms. The summed E-state index contributed by atoms with van der Waals surface area (Å²) in [4.78, 5) is 4.36. The maximum Gasteiger partial charge on any atom is 0.233 e. The lowest BCUT2D eigenvalue weighted by molar-refractivity contribution is 0.560. The van der Waals surface area contributed by atoms with Crippen LogP contribution in [0.4, 0.5) is 0 Å². The second-order valence-electron chi connectivity index (χ2n) is 3.41. The van der Waals surface area contributed by atoms with E-state index in [0.29, 0.717) is 5.17 Å². The molecule has 0 amide bonds. The maximum absolute atomic E-state index is 11.3. The summed E-state index contributed by atoms with van der Waals surface area (Å²) in [5.74, 6) is 0.849. The van der Waals surface area contributed by atoms with Gasteiger partial charge in [0.15, 0.2) is 5.17 Å². The lowest BCUT2D eigenvalue weighted by Gasteiger charge is -2.14. The molecule has 0 aromatic carbocycles. The number of likely N-dealkylation sites (N-methyl/N-ethyl adjacent to an activating group) is 1. The van der Waals surface area contributed by atoms with Crippen LogP contribution >= 0.6 is 11.8 Å². The fourth-order valence-corrected chi connectivity index (χ4v) is 2.97. The number of sulfonamides is 1. The van der Waals surface area contributed by atoms with Crippen molar-refractivity contribution in [3.63, 3.8) is 0 Å². The average Bonchev–Trinajstić information content (AvgIpc) is 2.60. The fraction of sp³-hybridized carbons (Fsp3) is 0.875. The van der Waals surface area contributed by atoms with Crippen molar-refractivity contribution in [2.45, 2.75) is 13.0 Å². The van der Waals surface area contributed by atoms with E-state index >= 15 is 0 Å². The molecule has 7 heteroatoms. The summed E-state index contributed by atoms with van der Waals surface area (Å²) in [6.07, 6.45) is 1.19. The molecular weight excluding hydrogens is 234 g/mol. The lowest BCUT2D eigenvalue weighted by Crippen LogP contribution is -2.29. The Hall–Kier alpha value is -0.270. The van der Waals surface area contributed by atoms with Crippen molar-refractivity contribution in [3.8, 4) is 0 Å². The number of amidine groups is 1. The van der Waals surface area contributed by atoms with Crippen molar-refractivity contribution in [1.82, 2.24) is 9.62 Å². The molecule has 1 N–H and O–H groups in total. The van der Waals surface area contributed by atoms with E-state index in [1.807, 2.05) is 6.92 Å². The van der Waals surface area contributed by atoms with Gasteiger partial charge in [-0.25, -0.2) is 8.42 Å². The Morgan fingerprint density at radius 3 is 2.87 bits per heavy atom. The Morgan fingerprint density at radius 1 is 1.67 bits per heavy atom. The van der Waals surface area contributed by atoms with Crippen LogP contribution in [0.3, 0.4) is 0 Å². The predicted molar refractivity (Wildman–Crippen MR) is 64.8 cm³/mol. The Labute approximate surface area is 95.4 Å². The molecule has 0 radical (unpaired) electrons. The van der Waals surface area contributed by atoms with E-state index in [0.717, 1.165) is 18.8 Å². The molecule has 0 aliphatic carbocycles. The zero-order valence-corrected chi connectivity index (χ0v) is 10.9. The van der Waals surface area contributed by atoms with Gasteiger partial charge < -0.3 is 5.32 Å². The van der Waals surface area contributed by atoms with E-state index in [1.54, 1.807) is 0 Å².